The molecule has 0 radical (unpaired) electrons. The van der Waals surface area contributed by atoms with Gasteiger partial charge in [0.1, 0.15) is 24.2 Å². The molecule has 1 aromatic rings. The molecular weight excluding hydrogens is 418 g/mol. The molecule has 0 aromatic carbocycles. The second kappa shape index (κ2) is 8.86. The van der Waals surface area contributed by atoms with E-state index in [-0.39, 0.29) is 16.5 Å². The summed E-state index contributed by atoms with van der Waals surface area (Å²) in [6.45, 7) is 1.96. The van der Waals surface area contributed by atoms with Crippen molar-refractivity contribution in [3.05, 3.63) is 11.1 Å². The van der Waals surface area contributed by atoms with E-state index in [1.807, 2.05) is 6.92 Å². The first-order valence-corrected chi connectivity index (χ1v) is 11.1. The van der Waals surface area contributed by atoms with Crippen molar-refractivity contribution in [2.75, 3.05) is 18.6 Å². The summed E-state index contributed by atoms with van der Waals surface area (Å²) in [7, 11) is -3.48. The molecule has 1 aliphatic rings. The Morgan fingerprint density at radius 2 is 2.30 bits per heavy atom. The van der Waals surface area contributed by atoms with Crippen molar-refractivity contribution in [3.63, 3.8) is 0 Å². The molecule has 27 heavy (non-hydrogen) atoms. The van der Waals surface area contributed by atoms with Gasteiger partial charge in [0.15, 0.2) is 10.8 Å². The second-order valence-electron chi connectivity index (χ2n) is 5.37. The van der Waals surface area contributed by atoms with Crippen LogP contribution in [0.3, 0.4) is 0 Å². The predicted octanol–water partition coefficient (Wildman–Crippen LogP) is 0.0650. The van der Waals surface area contributed by atoms with E-state index in [1.54, 1.807) is 0 Å². The smallest absolute Gasteiger partial charge is 0.363 e. The standard InChI is InChI=1S/C13H19N5O6S3/c1-3-4-5-25-12-9(11(20)18(12)27(21,22)23)16-10(19)8(17-24-2)7-6-26-13(14)15-7/h6,9,12H,3-5H2,1-2H3,(H2,14,15)(H,16,19)(H,21,22,23)/t9-,12-/m1/s1. The number of carbonyl (C=O) groups is 2. The molecule has 1 aromatic heterocycles. The summed E-state index contributed by atoms with van der Waals surface area (Å²) in [6, 6.07) is -1.14. The first-order valence-electron chi connectivity index (χ1n) is 7.76. The van der Waals surface area contributed by atoms with Crippen LogP contribution in [0.15, 0.2) is 10.5 Å². The van der Waals surface area contributed by atoms with E-state index in [1.165, 1.54) is 12.5 Å². The maximum atomic E-state index is 12.5. The summed E-state index contributed by atoms with van der Waals surface area (Å²) in [6.07, 6.45) is 1.65. The van der Waals surface area contributed by atoms with E-state index in [9.17, 15) is 22.6 Å². The van der Waals surface area contributed by atoms with Crippen molar-refractivity contribution in [3.8, 4) is 0 Å². The lowest BCUT2D eigenvalue weighted by Gasteiger charge is -2.43. The molecule has 14 heteroatoms. The quantitative estimate of drug-likeness (QED) is 0.159. The van der Waals surface area contributed by atoms with E-state index in [0.717, 1.165) is 35.9 Å². The largest absolute Gasteiger partial charge is 0.398 e. The monoisotopic (exact) mass is 437 g/mol. The average Bonchev–Trinajstić information content (AvgIpc) is 3.01. The number of thiazole rings is 1. The Morgan fingerprint density at radius 3 is 2.81 bits per heavy atom. The van der Waals surface area contributed by atoms with E-state index in [4.69, 9.17) is 5.73 Å². The summed E-state index contributed by atoms with van der Waals surface area (Å²) in [5, 5.41) is 6.79. The van der Waals surface area contributed by atoms with Gasteiger partial charge >= 0.3 is 10.3 Å². The average molecular weight is 438 g/mol. The van der Waals surface area contributed by atoms with Gasteiger partial charge in [0, 0.05) is 5.38 Å². The van der Waals surface area contributed by atoms with Gasteiger partial charge in [0.05, 0.1) is 0 Å². The Morgan fingerprint density at radius 1 is 1.59 bits per heavy atom. The van der Waals surface area contributed by atoms with Crippen molar-refractivity contribution >= 4 is 56.1 Å². The summed E-state index contributed by atoms with van der Waals surface area (Å²) >= 11 is 2.24. The van der Waals surface area contributed by atoms with Crippen LogP contribution in [-0.2, 0) is 24.7 Å². The minimum atomic E-state index is -4.72. The molecule has 0 unspecified atom stereocenters. The number of amides is 2. The van der Waals surface area contributed by atoms with Gasteiger partial charge in [-0.3, -0.25) is 14.1 Å². The number of β-lactam (4-membered cyclic amide) rings is 1. The fourth-order valence-corrected chi connectivity index (χ4v) is 5.32. The first-order chi connectivity index (χ1) is 12.7. The minimum absolute atomic E-state index is 0.158. The van der Waals surface area contributed by atoms with Gasteiger partial charge in [-0.25, -0.2) is 4.98 Å². The molecule has 1 saturated heterocycles. The van der Waals surface area contributed by atoms with Gasteiger partial charge in [-0.15, -0.1) is 23.1 Å². The lowest BCUT2D eigenvalue weighted by Crippen LogP contribution is -2.71. The number of hydrogen-bond acceptors (Lipinski definition) is 10. The zero-order chi connectivity index (χ0) is 20.2. The maximum Gasteiger partial charge on any atom is 0.363 e. The molecule has 4 N–H and O–H groups in total. The zero-order valence-electron chi connectivity index (χ0n) is 14.5. The number of nitrogens with two attached hydrogens (primary N) is 1. The number of nitrogens with one attached hydrogen (secondary N) is 1. The lowest BCUT2D eigenvalue weighted by molar-refractivity contribution is -0.140. The second-order valence-corrected chi connectivity index (χ2v) is 8.77. The Bertz CT molecular complexity index is 839. The molecule has 11 nitrogen and oxygen atoms in total. The third-order valence-electron chi connectivity index (χ3n) is 3.48. The van der Waals surface area contributed by atoms with Crippen LogP contribution in [0.4, 0.5) is 5.13 Å². The van der Waals surface area contributed by atoms with Crippen LogP contribution < -0.4 is 11.1 Å². The molecule has 2 heterocycles. The number of thioether (sulfide) groups is 1. The molecule has 0 aliphatic carbocycles. The Hall–Kier alpha value is -1.90. The summed E-state index contributed by atoms with van der Waals surface area (Å²) < 4.78 is 32.5. The van der Waals surface area contributed by atoms with Gasteiger partial charge in [-0.1, -0.05) is 18.5 Å². The fraction of sp³-hybridized carbons (Fsp3) is 0.538. The Balaban J connectivity index is 2.18. The van der Waals surface area contributed by atoms with Crippen LogP contribution in [0, 0.1) is 0 Å². The predicted molar refractivity (Wildman–Crippen MR) is 102 cm³/mol. The number of oxime groups is 1. The normalized spacial score (nSPS) is 20.3. The van der Waals surface area contributed by atoms with Gasteiger partial charge < -0.3 is 15.9 Å². The highest BCUT2D eigenvalue weighted by molar-refractivity contribution is 8.00. The van der Waals surface area contributed by atoms with Crippen LogP contribution in [0.1, 0.15) is 25.5 Å². The number of rotatable bonds is 9. The molecule has 2 atom stereocenters. The third-order valence-corrected chi connectivity index (χ3v) is 6.54. The molecule has 0 bridgehead atoms. The van der Waals surface area contributed by atoms with Gasteiger partial charge in [-0.05, 0) is 12.2 Å². The fourth-order valence-electron chi connectivity index (χ4n) is 2.23. The number of carbonyl (C=O) groups excluding carboxylic acids is 2. The van der Waals surface area contributed by atoms with Gasteiger partial charge in [0.25, 0.3) is 11.8 Å². The highest BCUT2D eigenvalue weighted by atomic mass is 32.2. The van der Waals surface area contributed by atoms with Crippen molar-refractivity contribution in [2.24, 2.45) is 5.16 Å². The van der Waals surface area contributed by atoms with Gasteiger partial charge in [-0.2, -0.15) is 12.7 Å². The maximum absolute atomic E-state index is 12.5. The number of hydrogen-bond donors (Lipinski definition) is 3. The number of anilines is 1. The van der Waals surface area contributed by atoms with Gasteiger partial charge in [0.2, 0.25) is 0 Å². The van der Waals surface area contributed by atoms with E-state index in [0.29, 0.717) is 10.1 Å². The number of aromatic nitrogens is 1. The molecule has 0 saturated carbocycles. The number of unbranched alkanes of at least 4 members (excludes halogenated alkanes) is 1. The third kappa shape index (κ3) is 4.88. The van der Waals surface area contributed by atoms with Crippen LogP contribution >= 0.6 is 23.1 Å². The molecule has 2 amide bonds. The highest BCUT2D eigenvalue weighted by Gasteiger charge is 2.54. The summed E-state index contributed by atoms with van der Waals surface area (Å²) in [5.74, 6) is -1.17. The van der Waals surface area contributed by atoms with Crippen molar-refractivity contribution in [1.29, 1.82) is 0 Å². The van der Waals surface area contributed by atoms with Crippen LogP contribution in [-0.4, -0.2) is 64.1 Å². The molecule has 150 valence electrons. The minimum Gasteiger partial charge on any atom is -0.398 e. The molecule has 1 aliphatic heterocycles. The highest BCUT2D eigenvalue weighted by Crippen LogP contribution is 2.33. The molecular formula is C13H19N5O6S3. The van der Waals surface area contributed by atoms with E-state index >= 15 is 0 Å². The van der Waals surface area contributed by atoms with Crippen molar-refractivity contribution in [2.45, 2.75) is 31.2 Å². The number of nitrogen functional groups attached to an aromatic ring is 1. The van der Waals surface area contributed by atoms with Crippen molar-refractivity contribution in [1.82, 2.24) is 14.6 Å². The van der Waals surface area contributed by atoms with Crippen LogP contribution in [0.2, 0.25) is 0 Å². The summed E-state index contributed by atoms with van der Waals surface area (Å²) in [5.41, 5.74) is 5.50. The van der Waals surface area contributed by atoms with E-state index < -0.39 is 33.5 Å². The van der Waals surface area contributed by atoms with Crippen LogP contribution in [0.25, 0.3) is 0 Å². The first kappa shape index (κ1) is 21.4. The SMILES string of the molecule is CCCCS[C@@H]1[C@H](NC(=O)C(=NOC)c2csc(N)n2)C(=O)N1S(=O)(=O)O. The van der Waals surface area contributed by atoms with Crippen molar-refractivity contribution < 1.29 is 27.4 Å². The topological polar surface area (TPSA) is 164 Å². The molecule has 1 fully saturated rings. The Kier molecular flexibility index (Phi) is 7.02. The zero-order valence-corrected chi connectivity index (χ0v) is 16.9. The Labute approximate surface area is 164 Å². The number of nitrogens with zero attached hydrogens (tertiary/aromatic N) is 3. The lowest BCUT2D eigenvalue weighted by atomic mass is 10.1. The van der Waals surface area contributed by atoms with E-state index in [2.05, 4.69) is 20.3 Å². The van der Waals surface area contributed by atoms with Crippen LogP contribution in [0.5, 0.6) is 0 Å². The molecule has 0 spiro atoms. The summed E-state index contributed by atoms with van der Waals surface area (Å²) in [4.78, 5) is 33.3. The molecule has 2 rings (SSSR count).